The molecule has 1 aromatic rings. The Hall–Kier alpha value is -0.350. The molecule has 0 spiro atoms. The van der Waals surface area contributed by atoms with Crippen molar-refractivity contribution in [1.82, 2.24) is 10.6 Å². The number of rotatable bonds is 4. The van der Waals surface area contributed by atoms with Gasteiger partial charge in [-0.1, -0.05) is 0 Å². The zero-order valence-corrected chi connectivity index (χ0v) is 16.2. The lowest BCUT2D eigenvalue weighted by Gasteiger charge is -2.14. The van der Waals surface area contributed by atoms with Crippen LogP contribution in [-0.4, -0.2) is 39.5 Å². The number of nitrogens with one attached hydrogen (secondary N) is 2. The number of hydrogen-bond donors (Lipinski definition) is 2. The van der Waals surface area contributed by atoms with Gasteiger partial charge in [-0.2, -0.15) is 0 Å². The Morgan fingerprint density at radius 3 is 2.71 bits per heavy atom. The fourth-order valence-electron chi connectivity index (χ4n) is 2.25. The molecule has 5 nitrogen and oxygen atoms in total. The average Bonchev–Trinajstić information content (AvgIpc) is 2.95. The van der Waals surface area contributed by atoms with Gasteiger partial charge >= 0.3 is 0 Å². The van der Waals surface area contributed by atoms with Crippen molar-refractivity contribution in [2.75, 3.05) is 25.1 Å². The summed E-state index contributed by atoms with van der Waals surface area (Å²) in [5, 5.41) is 6.45. The van der Waals surface area contributed by atoms with E-state index in [9.17, 15) is 8.42 Å². The molecule has 21 heavy (non-hydrogen) atoms. The predicted molar refractivity (Wildman–Crippen MR) is 99.4 cm³/mol. The Bertz CT molecular complexity index is 584. The van der Waals surface area contributed by atoms with E-state index < -0.39 is 9.84 Å². The maximum absolute atomic E-state index is 11.4. The summed E-state index contributed by atoms with van der Waals surface area (Å²) in [5.74, 6) is 1.53. The third-order valence-corrected chi connectivity index (χ3v) is 6.17. The van der Waals surface area contributed by atoms with Crippen molar-refractivity contribution < 1.29 is 8.42 Å². The molecule has 0 amide bonds. The highest BCUT2D eigenvalue weighted by molar-refractivity contribution is 14.0. The van der Waals surface area contributed by atoms with Gasteiger partial charge in [-0.15, -0.1) is 35.3 Å². The van der Waals surface area contributed by atoms with Crippen molar-refractivity contribution in [3.05, 3.63) is 21.9 Å². The van der Waals surface area contributed by atoms with E-state index in [0.29, 0.717) is 18.1 Å². The highest BCUT2D eigenvalue weighted by Crippen LogP contribution is 2.17. The maximum Gasteiger partial charge on any atom is 0.191 e. The fourth-order valence-corrected chi connectivity index (χ4v) is 4.94. The second kappa shape index (κ2) is 8.33. The van der Waals surface area contributed by atoms with E-state index in [2.05, 4.69) is 34.7 Å². The average molecular weight is 443 g/mol. The summed E-state index contributed by atoms with van der Waals surface area (Å²) >= 11 is 1.76. The minimum atomic E-state index is -2.80. The summed E-state index contributed by atoms with van der Waals surface area (Å²) in [5.41, 5.74) is 0. The molecule has 0 aliphatic carbocycles. The van der Waals surface area contributed by atoms with Gasteiger partial charge in [0.15, 0.2) is 15.8 Å². The number of hydrogen-bond acceptors (Lipinski definition) is 4. The second-order valence-corrected chi connectivity index (χ2v) is 8.69. The standard InChI is InChI=1S/C13H21N3O2S2.HI/c1-10-3-4-12(19-10)8-16-13(14-2)15-7-11-5-6-20(17,18)9-11;/h3-4,11H,5-9H2,1-2H3,(H2,14,15,16);1H. The number of halogens is 1. The minimum Gasteiger partial charge on any atom is -0.356 e. The van der Waals surface area contributed by atoms with Gasteiger partial charge in [-0.25, -0.2) is 8.42 Å². The molecule has 2 heterocycles. The highest BCUT2D eigenvalue weighted by atomic mass is 127. The SMILES string of the molecule is CN=C(NCc1ccc(C)s1)NCC1CCS(=O)(=O)C1.I. The Morgan fingerprint density at radius 2 is 2.19 bits per heavy atom. The molecular weight excluding hydrogens is 421 g/mol. The number of nitrogens with zero attached hydrogens (tertiary/aromatic N) is 1. The zero-order valence-electron chi connectivity index (χ0n) is 12.3. The summed E-state index contributed by atoms with van der Waals surface area (Å²) in [4.78, 5) is 6.71. The van der Waals surface area contributed by atoms with E-state index in [1.807, 2.05) is 0 Å². The van der Waals surface area contributed by atoms with Crippen LogP contribution in [-0.2, 0) is 16.4 Å². The molecule has 0 bridgehead atoms. The van der Waals surface area contributed by atoms with Crippen LogP contribution in [0.5, 0.6) is 0 Å². The lowest BCUT2D eigenvalue weighted by atomic mass is 10.1. The van der Waals surface area contributed by atoms with E-state index in [-0.39, 0.29) is 29.9 Å². The maximum atomic E-state index is 11.4. The summed E-state index contributed by atoms with van der Waals surface area (Å²) in [6, 6.07) is 4.20. The van der Waals surface area contributed by atoms with Gasteiger partial charge in [-0.3, -0.25) is 4.99 Å². The van der Waals surface area contributed by atoms with Gasteiger partial charge in [0.25, 0.3) is 0 Å². The van der Waals surface area contributed by atoms with E-state index in [0.717, 1.165) is 18.9 Å². The van der Waals surface area contributed by atoms with Crippen molar-refractivity contribution in [2.24, 2.45) is 10.9 Å². The highest BCUT2D eigenvalue weighted by Gasteiger charge is 2.27. The zero-order chi connectivity index (χ0) is 14.6. The second-order valence-electron chi connectivity index (χ2n) is 5.09. The summed E-state index contributed by atoms with van der Waals surface area (Å²) in [7, 11) is -1.08. The number of aliphatic imine (C=N–C) groups is 1. The largest absolute Gasteiger partial charge is 0.356 e. The van der Waals surface area contributed by atoms with Crippen molar-refractivity contribution >= 4 is 51.1 Å². The molecule has 1 saturated heterocycles. The van der Waals surface area contributed by atoms with E-state index in [4.69, 9.17) is 0 Å². The fraction of sp³-hybridized carbons (Fsp3) is 0.615. The van der Waals surface area contributed by atoms with Gasteiger partial charge in [0.2, 0.25) is 0 Å². The van der Waals surface area contributed by atoms with Gasteiger partial charge < -0.3 is 10.6 Å². The smallest absolute Gasteiger partial charge is 0.191 e. The normalized spacial score (nSPS) is 20.9. The van der Waals surface area contributed by atoms with Crippen LogP contribution in [0.1, 0.15) is 16.2 Å². The third kappa shape index (κ3) is 6.11. The molecular formula is C13H22IN3O2S2. The molecule has 1 aromatic heterocycles. The molecule has 1 aliphatic rings. The van der Waals surface area contributed by atoms with Gasteiger partial charge in [0, 0.05) is 23.3 Å². The van der Waals surface area contributed by atoms with Gasteiger partial charge in [-0.05, 0) is 31.4 Å². The summed E-state index contributed by atoms with van der Waals surface area (Å²) < 4.78 is 22.8. The first kappa shape index (κ1) is 18.7. The molecule has 8 heteroatoms. The number of guanidine groups is 1. The Labute approximate surface area is 147 Å². The van der Waals surface area contributed by atoms with Crippen LogP contribution in [0.2, 0.25) is 0 Å². The molecule has 0 radical (unpaired) electrons. The van der Waals surface area contributed by atoms with Gasteiger partial charge in [0.05, 0.1) is 18.1 Å². The minimum absolute atomic E-state index is 0. The molecule has 1 fully saturated rings. The first-order valence-corrected chi connectivity index (χ1v) is 9.32. The molecule has 2 N–H and O–H groups in total. The quantitative estimate of drug-likeness (QED) is 0.423. The molecule has 2 rings (SSSR count). The molecule has 0 aromatic carbocycles. The van der Waals surface area contributed by atoms with Crippen LogP contribution in [0.3, 0.4) is 0 Å². The lowest BCUT2D eigenvalue weighted by molar-refractivity contribution is 0.567. The Balaban J connectivity index is 0.00000220. The van der Waals surface area contributed by atoms with Crippen molar-refractivity contribution in [1.29, 1.82) is 0 Å². The van der Waals surface area contributed by atoms with Crippen LogP contribution in [0.25, 0.3) is 0 Å². The van der Waals surface area contributed by atoms with Crippen LogP contribution in [0.4, 0.5) is 0 Å². The topological polar surface area (TPSA) is 70.6 Å². The number of thiophene rings is 1. The third-order valence-electron chi connectivity index (χ3n) is 3.33. The van der Waals surface area contributed by atoms with Crippen LogP contribution < -0.4 is 10.6 Å². The van der Waals surface area contributed by atoms with Crippen molar-refractivity contribution in [3.8, 4) is 0 Å². The van der Waals surface area contributed by atoms with E-state index in [1.54, 1.807) is 18.4 Å². The molecule has 1 atom stereocenters. The summed E-state index contributed by atoms with van der Waals surface area (Å²) in [6.07, 6.45) is 0.746. The van der Waals surface area contributed by atoms with Crippen molar-refractivity contribution in [3.63, 3.8) is 0 Å². The van der Waals surface area contributed by atoms with Gasteiger partial charge in [0.1, 0.15) is 0 Å². The van der Waals surface area contributed by atoms with Crippen molar-refractivity contribution in [2.45, 2.75) is 19.9 Å². The van der Waals surface area contributed by atoms with E-state index >= 15 is 0 Å². The van der Waals surface area contributed by atoms with Crippen LogP contribution in [0.15, 0.2) is 17.1 Å². The Kier molecular flexibility index (Phi) is 7.41. The van der Waals surface area contributed by atoms with Crippen LogP contribution in [0, 0.1) is 12.8 Å². The molecule has 120 valence electrons. The lowest BCUT2D eigenvalue weighted by Crippen LogP contribution is -2.39. The molecule has 1 unspecified atom stereocenters. The van der Waals surface area contributed by atoms with Crippen LogP contribution >= 0.6 is 35.3 Å². The first-order chi connectivity index (χ1) is 9.48. The first-order valence-electron chi connectivity index (χ1n) is 6.69. The number of aryl methyl sites for hydroxylation is 1. The monoisotopic (exact) mass is 443 g/mol. The molecule has 0 saturated carbocycles. The predicted octanol–water partition coefficient (Wildman–Crippen LogP) is 1.77. The summed E-state index contributed by atoms with van der Waals surface area (Å²) in [6.45, 7) is 3.48. The van der Waals surface area contributed by atoms with E-state index in [1.165, 1.54) is 9.75 Å². The molecule has 1 aliphatic heterocycles. The Morgan fingerprint density at radius 1 is 1.43 bits per heavy atom. The number of sulfone groups is 1.